The third-order valence-corrected chi connectivity index (χ3v) is 4.46. The number of carbonyl (C=O) groups is 2. The number of carbonyl (C=O) groups excluding carboxylic acids is 1. The molecule has 126 valence electrons. The Morgan fingerprint density at radius 2 is 2.00 bits per heavy atom. The average molecular weight is 336 g/mol. The van der Waals surface area contributed by atoms with Gasteiger partial charge in [-0.3, -0.25) is 9.59 Å². The molecule has 1 aromatic heterocycles. The number of fused-ring (bicyclic) bond motifs is 1. The summed E-state index contributed by atoms with van der Waals surface area (Å²) in [5.41, 5.74) is 3.94. The second-order valence-corrected chi connectivity index (χ2v) is 6.28. The summed E-state index contributed by atoms with van der Waals surface area (Å²) in [5, 5.41) is 9.11. The van der Waals surface area contributed by atoms with E-state index in [0.717, 1.165) is 11.1 Å². The molecule has 25 heavy (non-hydrogen) atoms. The fraction of sp³-hybridized carbons (Fsp3) is 0.211. The minimum absolute atomic E-state index is 0.0286. The van der Waals surface area contributed by atoms with Gasteiger partial charge in [0.1, 0.15) is 5.52 Å². The van der Waals surface area contributed by atoms with Crippen molar-refractivity contribution in [1.82, 2.24) is 4.98 Å². The SMILES string of the molecule is Cc1ccc(-c2nc3cc(N4C[C@@H](C(=O)O)CC4=O)ccc3o2)cc1. The van der Waals surface area contributed by atoms with Gasteiger partial charge in [-0.15, -0.1) is 0 Å². The maximum absolute atomic E-state index is 12.1. The molecule has 0 aliphatic carbocycles. The lowest BCUT2D eigenvalue weighted by Gasteiger charge is -2.15. The number of carboxylic acid groups (broad SMARTS) is 1. The number of nitrogens with zero attached hydrogens (tertiary/aromatic N) is 2. The van der Waals surface area contributed by atoms with E-state index >= 15 is 0 Å². The minimum atomic E-state index is -0.944. The molecule has 4 rings (SSSR count). The molecular formula is C19H16N2O4. The van der Waals surface area contributed by atoms with Crippen LogP contribution >= 0.6 is 0 Å². The molecule has 0 unspecified atom stereocenters. The molecule has 1 fully saturated rings. The van der Waals surface area contributed by atoms with Crippen LogP contribution in [0.25, 0.3) is 22.6 Å². The Balaban J connectivity index is 1.68. The minimum Gasteiger partial charge on any atom is -0.481 e. The Kier molecular flexibility index (Phi) is 3.53. The normalized spacial score (nSPS) is 17.4. The van der Waals surface area contributed by atoms with Crippen LogP contribution in [0.3, 0.4) is 0 Å². The van der Waals surface area contributed by atoms with Crippen LogP contribution in [0.2, 0.25) is 0 Å². The molecule has 3 aromatic rings. The first-order chi connectivity index (χ1) is 12.0. The van der Waals surface area contributed by atoms with Crippen LogP contribution in [0, 0.1) is 12.8 Å². The molecule has 1 aliphatic rings. The molecular weight excluding hydrogens is 320 g/mol. The molecule has 1 aliphatic heterocycles. The molecule has 1 saturated heterocycles. The highest BCUT2D eigenvalue weighted by Crippen LogP contribution is 2.30. The number of hydrogen-bond donors (Lipinski definition) is 1. The van der Waals surface area contributed by atoms with E-state index in [2.05, 4.69) is 4.98 Å². The third kappa shape index (κ3) is 2.76. The highest BCUT2D eigenvalue weighted by Gasteiger charge is 2.35. The first kappa shape index (κ1) is 15.4. The van der Waals surface area contributed by atoms with Gasteiger partial charge in [0, 0.05) is 24.2 Å². The van der Waals surface area contributed by atoms with Gasteiger partial charge in [0.2, 0.25) is 11.8 Å². The second-order valence-electron chi connectivity index (χ2n) is 6.28. The molecule has 0 saturated carbocycles. The highest BCUT2D eigenvalue weighted by atomic mass is 16.4. The zero-order valence-corrected chi connectivity index (χ0v) is 13.6. The molecule has 1 amide bonds. The van der Waals surface area contributed by atoms with E-state index in [0.29, 0.717) is 22.7 Å². The molecule has 2 heterocycles. The summed E-state index contributed by atoms with van der Waals surface area (Å²) in [5.74, 6) is -1.28. The van der Waals surface area contributed by atoms with Gasteiger partial charge in [-0.1, -0.05) is 17.7 Å². The fourth-order valence-corrected chi connectivity index (χ4v) is 3.03. The van der Waals surface area contributed by atoms with Crippen molar-refractivity contribution in [2.24, 2.45) is 5.92 Å². The summed E-state index contributed by atoms with van der Waals surface area (Å²) in [6.45, 7) is 2.20. The van der Waals surface area contributed by atoms with Crippen LogP contribution in [-0.2, 0) is 9.59 Å². The molecule has 0 bridgehead atoms. The van der Waals surface area contributed by atoms with E-state index in [1.54, 1.807) is 18.2 Å². The largest absolute Gasteiger partial charge is 0.481 e. The van der Waals surface area contributed by atoms with E-state index in [-0.39, 0.29) is 18.9 Å². The van der Waals surface area contributed by atoms with Crippen LogP contribution in [-0.4, -0.2) is 28.5 Å². The Bertz CT molecular complexity index is 975. The molecule has 6 nitrogen and oxygen atoms in total. The van der Waals surface area contributed by atoms with Crippen molar-refractivity contribution in [3.63, 3.8) is 0 Å². The summed E-state index contributed by atoms with van der Waals surface area (Å²) < 4.78 is 5.79. The predicted octanol–water partition coefficient (Wildman–Crippen LogP) is 3.24. The van der Waals surface area contributed by atoms with Gasteiger partial charge in [-0.2, -0.15) is 0 Å². The van der Waals surface area contributed by atoms with Crippen molar-refractivity contribution in [1.29, 1.82) is 0 Å². The fourth-order valence-electron chi connectivity index (χ4n) is 3.03. The number of benzene rings is 2. The lowest BCUT2D eigenvalue weighted by Crippen LogP contribution is -2.25. The Morgan fingerprint density at radius 1 is 1.24 bits per heavy atom. The summed E-state index contributed by atoms with van der Waals surface area (Å²) >= 11 is 0. The topological polar surface area (TPSA) is 83.6 Å². The highest BCUT2D eigenvalue weighted by molar-refractivity contribution is 6.00. The number of aromatic nitrogens is 1. The van der Waals surface area contributed by atoms with Gasteiger partial charge in [-0.05, 0) is 37.3 Å². The van der Waals surface area contributed by atoms with E-state index in [1.807, 2.05) is 31.2 Å². The summed E-state index contributed by atoms with van der Waals surface area (Å²) in [7, 11) is 0. The van der Waals surface area contributed by atoms with Gasteiger partial charge in [0.05, 0.1) is 5.92 Å². The Labute approximate surface area is 143 Å². The lowest BCUT2D eigenvalue weighted by molar-refractivity contribution is -0.141. The molecule has 6 heteroatoms. The summed E-state index contributed by atoms with van der Waals surface area (Å²) in [4.78, 5) is 29.2. The van der Waals surface area contributed by atoms with Gasteiger partial charge in [0.15, 0.2) is 5.58 Å². The predicted molar refractivity (Wildman–Crippen MR) is 92.3 cm³/mol. The van der Waals surface area contributed by atoms with E-state index < -0.39 is 11.9 Å². The first-order valence-corrected chi connectivity index (χ1v) is 8.02. The van der Waals surface area contributed by atoms with Crippen molar-refractivity contribution in [3.8, 4) is 11.5 Å². The molecule has 1 N–H and O–H groups in total. The van der Waals surface area contributed by atoms with Crippen molar-refractivity contribution < 1.29 is 19.1 Å². The van der Waals surface area contributed by atoms with Crippen molar-refractivity contribution >= 4 is 28.7 Å². The Hall–Kier alpha value is -3.15. The maximum Gasteiger partial charge on any atom is 0.308 e. The summed E-state index contributed by atoms with van der Waals surface area (Å²) in [6, 6.07) is 13.2. The van der Waals surface area contributed by atoms with Crippen LogP contribution in [0.5, 0.6) is 0 Å². The van der Waals surface area contributed by atoms with Gasteiger partial charge >= 0.3 is 5.97 Å². The van der Waals surface area contributed by atoms with Crippen LogP contribution in [0.1, 0.15) is 12.0 Å². The number of rotatable bonds is 3. The van der Waals surface area contributed by atoms with Crippen LogP contribution in [0.4, 0.5) is 5.69 Å². The average Bonchev–Trinajstić information content (AvgIpc) is 3.18. The van der Waals surface area contributed by atoms with E-state index in [9.17, 15) is 9.59 Å². The van der Waals surface area contributed by atoms with Crippen LogP contribution in [0.15, 0.2) is 46.9 Å². The number of aryl methyl sites for hydroxylation is 1. The number of anilines is 1. The standard InChI is InChI=1S/C19H16N2O4/c1-11-2-4-12(5-3-11)18-20-15-9-14(6-7-16(15)25-18)21-10-13(19(23)24)8-17(21)22/h2-7,9,13H,8,10H2,1H3,(H,23,24)/t13-/m0/s1. The Morgan fingerprint density at radius 3 is 2.68 bits per heavy atom. The van der Waals surface area contributed by atoms with E-state index in [1.165, 1.54) is 4.90 Å². The molecule has 0 spiro atoms. The summed E-state index contributed by atoms with van der Waals surface area (Å²) in [6.07, 6.45) is 0.0286. The molecule has 0 radical (unpaired) electrons. The first-order valence-electron chi connectivity index (χ1n) is 8.02. The number of oxazole rings is 1. The third-order valence-electron chi connectivity index (χ3n) is 4.46. The van der Waals surface area contributed by atoms with E-state index in [4.69, 9.17) is 9.52 Å². The number of carboxylic acids is 1. The van der Waals surface area contributed by atoms with Crippen molar-refractivity contribution in [3.05, 3.63) is 48.0 Å². The van der Waals surface area contributed by atoms with Crippen LogP contribution < -0.4 is 4.90 Å². The monoisotopic (exact) mass is 336 g/mol. The molecule has 2 aromatic carbocycles. The van der Waals surface area contributed by atoms with Gasteiger partial charge < -0.3 is 14.4 Å². The smallest absolute Gasteiger partial charge is 0.308 e. The zero-order chi connectivity index (χ0) is 17.6. The number of hydrogen-bond acceptors (Lipinski definition) is 4. The lowest BCUT2D eigenvalue weighted by atomic mass is 10.1. The van der Waals surface area contributed by atoms with Crippen molar-refractivity contribution in [2.75, 3.05) is 11.4 Å². The second kappa shape index (κ2) is 5.73. The van der Waals surface area contributed by atoms with Crippen molar-refractivity contribution in [2.45, 2.75) is 13.3 Å². The maximum atomic E-state index is 12.1. The zero-order valence-electron chi connectivity index (χ0n) is 13.6. The number of aliphatic carboxylic acids is 1. The number of amides is 1. The molecule has 1 atom stereocenters. The quantitative estimate of drug-likeness (QED) is 0.794. The van der Waals surface area contributed by atoms with Gasteiger partial charge in [-0.25, -0.2) is 4.98 Å². The van der Waals surface area contributed by atoms with Gasteiger partial charge in [0.25, 0.3) is 0 Å².